The van der Waals surface area contributed by atoms with Crippen molar-refractivity contribution in [1.82, 2.24) is 5.32 Å². The number of rotatable bonds is 7. The smallest absolute Gasteiger partial charge is 0.227 e. The highest BCUT2D eigenvalue weighted by Gasteiger charge is 2.28. The van der Waals surface area contributed by atoms with E-state index in [1.54, 1.807) is 23.1 Å². The van der Waals surface area contributed by atoms with Crippen molar-refractivity contribution < 1.29 is 14.3 Å². The van der Waals surface area contributed by atoms with Gasteiger partial charge in [0.1, 0.15) is 11.9 Å². The van der Waals surface area contributed by atoms with Crippen molar-refractivity contribution in [3.63, 3.8) is 0 Å². The van der Waals surface area contributed by atoms with Crippen LogP contribution in [0.15, 0.2) is 48.5 Å². The number of anilines is 1. The largest absolute Gasteiger partial charge is 0.487 e. The van der Waals surface area contributed by atoms with Crippen LogP contribution in [0.25, 0.3) is 0 Å². The molecule has 0 saturated heterocycles. The second kappa shape index (κ2) is 9.79. The molecule has 6 heteroatoms. The lowest BCUT2D eigenvalue weighted by Crippen LogP contribution is -2.43. The van der Waals surface area contributed by atoms with Gasteiger partial charge in [0, 0.05) is 23.9 Å². The van der Waals surface area contributed by atoms with E-state index in [9.17, 15) is 9.59 Å². The minimum absolute atomic E-state index is 0.0562. The van der Waals surface area contributed by atoms with Gasteiger partial charge in [-0.3, -0.25) is 9.59 Å². The predicted molar refractivity (Wildman–Crippen MR) is 115 cm³/mol. The lowest BCUT2D eigenvalue weighted by Gasteiger charge is -2.33. The van der Waals surface area contributed by atoms with Gasteiger partial charge in [-0.25, -0.2) is 0 Å². The Morgan fingerprint density at radius 1 is 1.21 bits per heavy atom. The van der Waals surface area contributed by atoms with E-state index in [4.69, 9.17) is 16.3 Å². The molecule has 1 aliphatic rings. The molecular formula is C23H27ClN2O3. The monoisotopic (exact) mass is 414 g/mol. The van der Waals surface area contributed by atoms with E-state index in [1.165, 1.54) is 5.56 Å². The Morgan fingerprint density at radius 2 is 1.97 bits per heavy atom. The zero-order valence-corrected chi connectivity index (χ0v) is 17.6. The van der Waals surface area contributed by atoms with Gasteiger partial charge >= 0.3 is 0 Å². The Morgan fingerprint density at radius 3 is 2.72 bits per heavy atom. The van der Waals surface area contributed by atoms with Gasteiger partial charge < -0.3 is 15.0 Å². The quantitative estimate of drug-likeness (QED) is 0.731. The fourth-order valence-electron chi connectivity index (χ4n) is 3.45. The lowest BCUT2D eigenvalue weighted by atomic mass is 10.1. The zero-order chi connectivity index (χ0) is 20.8. The summed E-state index contributed by atoms with van der Waals surface area (Å²) in [6, 6.07) is 15.5. The normalized spacial score (nSPS) is 16.5. The van der Waals surface area contributed by atoms with Crippen molar-refractivity contribution in [3.8, 4) is 5.75 Å². The van der Waals surface area contributed by atoms with Crippen molar-refractivity contribution in [1.29, 1.82) is 0 Å². The third kappa shape index (κ3) is 5.97. The van der Waals surface area contributed by atoms with Crippen LogP contribution < -0.4 is 15.0 Å². The Kier molecular flexibility index (Phi) is 7.15. The van der Waals surface area contributed by atoms with Gasteiger partial charge in [0.25, 0.3) is 0 Å². The first-order valence-electron chi connectivity index (χ1n) is 10.0. The van der Waals surface area contributed by atoms with E-state index in [1.807, 2.05) is 32.0 Å². The number of hydrogen-bond donors (Lipinski definition) is 1. The fraction of sp³-hybridized carbons (Fsp3) is 0.391. The summed E-state index contributed by atoms with van der Waals surface area (Å²) >= 11 is 6.08. The van der Waals surface area contributed by atoms with Crippen LogP contribution in [0.5, 0.6) is 5.75 Å². The Labute approximate surface area is 177 Å². The Hall–Kier alpha value is -2.53. The number of ether oxygens (including phenoxy) is 1. The molecule has 0 unspecified atom stereocenters. The molecule has 2 aromatic rings. The number of aryl methyl sites for hydroxylation is 1. The molecule has 1 aliphatic heterocycles. The van der Waals surface area contributed by atoms with Gasteiger partial charge in [0.15, 0.2) is 0 Å². The number of carbonyl (C=O) groups excluding carboxylic acids is 2. The average molecular weight is 415 g/mol. The van der Waals surface area contributed by atoms with Gasteiger partial charge in [-0.15, -0.1) is 0 Å². The summed E-state index contributed by atoms with van der Waals surface area (Å²) in [6.45, 7) is 4.35. The van der Waals surface area contributed by atoms with Crippen LogP contribution in [0.2, 0.25) is 5.02 Å². The minimum atomic E-state index is -0.112. The van der Waals surface area contributed by atoms with E-state index in [0.29, 0.717) is 23.0 Å². The molecular weight excluding hydrogens is 388 g/mol. The SMILES string of the molecule is C[C@H](CCc1ccccc1)NC(=O)CCC(=O)N1C[C@H](C)Oc2ccc(Cl)cc21. The van der Waals surface area contributed by atoms with Crippen LogP contribution in [0.1, 0.15) is 38.7 Å². The van der Waals surface area contributed by atoms with Crippen LogP contribution >= 0.6 is 11.6 Å². The molecule has 0 aromatic heterocycles. The van der Waals surface area contributed by atoms with Crippen LogP contribution in [0.4, 0.5) is 5.69 Å². The molecule has 3 rings (SSSR count). The summed E-state index contributed by atoms with van der Waals surface area (Å²) in [5, 5.41) is 3.54. The Bertz CT molecular complexity index is 856. The second-order valence-electron chi connectivity index (χ2n) is 7.54. The third-order valence-corrected chi connectivity index (χ3v) is 5.20. The highest BCUT2D eigenvalue weighted by molar-refractivity contribution is 6.31. The van der Waals surface area contributed by atoms with Crippen LogP contribution in [0, 0.1) is 0 Å². The van der Waals surface area contributed by atoms with Crippen molar-refractivity contribution in [2.75, 3.05) is 11.4 Å². The number of carbonyl (C=O) groups is 2. The summed E-state index contributed by atoms with van der Waals surface area (Å²) < 4.78 is 5.78. The number of nitrogens with one attached hydrogen (secondary N) is 1. The number of benzene rings is 2. The first kappa shape index (κ1) is 21.2. The molecule has 29 heavy (non-hydrogen) atoms. The van der Waals surface area contributed by atoms with Crippen LogP contribution in [0.3, 0.4) is 0 Å². The van der Waals surface area contributed by atoms with Gasteiger partial charge in [-0.1, -0.05) is 41.9 Å². The van der Waals surface area contributed by atoms with Crippen molar-refractivity contribution in [2.24, 2.45) is 0 Å². The molecule has 2 aromatic carbocycles. The highest BCUT2D eigenvalue weighted by Crippen LogP contribution is 2.36. The molecule has 0 bridgehead atoms. The molecule has 2 amide bonds. The van der Waals surface area contributed by atoms with Gasteiger partial charge in [0.05, 0.1) is 12.2 Å². The van der Waals surface area contributed by atoms with E-state index >= 15 is 0 Å². The minimum Gasteiger partial charge on any atom is -0.487 e. The molecule has 1 heterocycles. The molecule has 0 radical (unpaired) electrons. The average Bonchev–Trinajstić information content (AvgIpc) is 2.71. The van der Waals surface area contributed by atoms with Crippen molar-refractivity contribution in [3.05, 3.63) is 59.1 Å². The highest BCUT2D eigenvalue weighted by atomic mass is 35.5. The standard InChI is InChI=1S/C23H27ClN2O3/c1-16(8-9-18-6-4-3-5-7-18)25-22(27)12-13-23(28)26-15-17(2)29-21-11-10-19(24)14-20(21)26/h3-7,10-11,14,16-17H,8-9,12-13,15H2,1-2H3,(H,25,27)/t16-,17+/m1/s1. The molecule has 2 atom stereocenters. The maximum atomic E-state index is 12.8. The summed E-state index contributed by atoms with van der Waals surface area (Å²) in [6.07, 6.45) is 1.96. The fourth-order valence-corrected chi connectivity index (χ4v) is 3.62. The molecule has 1 N–H and O–H groups in total. The lowest BCUT2D eigenvalue weighted by molar-refractivity contribution is -0.125. The number of amides is 2. The third-order valence-electron chi connectivity index (χ3n) is 4.96. The van der Waals surface area contributed by atoms with E-state index < -0.39 is 0 Å². The van der Waals surface area contributed by atoms with Gasteiger partial charge in [-0.2, -0.15) is 0 Å². The van der Waals surface area contributed by atoms with Crippen LogP contribution in [-0.2, 0) is 16.0 Å². The van der Waals surface area contributed by atoms with Crippen LogP contribution in [-0.4, -0.2) is 30.5 Å². The van der Waals surface area contributed by atoms with Gasteiger partial charge in [0.2, 0.25) is 11.8 Å². The molecule has 5 nitrogen and oxygen atoms in total. The predicted octanol–water partition coefficient (Wildman–Crippen LogP) is 4.37. The first-order chi connectivity index (χ1) is 13.9. The number of fused-ring (bicyclic) bond motifs is 1. The topological polar surface area (TPSA) is 58.6 Å². The number of hydrogen-bond acceptors (Lipinski definition) is 3. The first-order valence-corrected chi connectivity index (χ1v) is 10.4. The molecule has 154 valence electrons. The van der Waals surface area contributed by atoms with Crippen molar-refractivity contribution in [2.45, 2.75) is 51.7 Å². The molecule has 0 saturated carbocycles. The summed E-state index contributed by atoms with van der Waals surface area (Å²) in [7, 11) is 0. The summed E-state index contributed by atoms with van der Waals surface area (Å²) in [5.74, 6) is 0.433. The summed E-state index contributed by atoms with van der Waals surface area (Å²) in [5.41, 5.74) is 1.92. The number of halogens is 1. The maximum absolute atomic E-state index is 12.8. The summed E-state index contributed by atoms with van der Waals surface area (Å²) in [4.78, 5) is 26.7. The van der Waals surface area contributed by atoms with Crippen molar-refractivity contribution >= 4 is 29.1 Å². The zero-order valence-electron chi connectivity index (χ0n) is 16.9. The molecule has 0 aliphatic carbocycles. The molecule has 0 fully saturated rings. The second-order valence-corrected chi connectivity index (χ2v) is 7.97. The maximum Gasteiger partial charge on any atom is 0.227 e. The Balaban J connectivity index is 1.49. The van der Waals surface area contributed by atoms with E-state index in [-0.39, 0.29) is 36.8 Å². The van der Waals surface area contributed by atoms with Gasteiger partial charge in [-0.05, 0) is 50.5 Å². The number of nitrogens with zero attached hydrogens (tertiary/aromatic N) is 1. The van der Waals surface area contributed by atoms with E-state index in [0.717, 1.165) is 12.8 Å². The van der Waals surface area contributed by atoms with E-state index in [2.05, 4.69) is 17.4 Å². The molecule has 0 spiro atoms.